The maximum absolute atomic E-state index is 12.7. The highest BCUT2D eigenvalue weighted by molar-refractivity contribution is 7.99. The number of thioether (sulfide) groups is 1. The summed E-state index contributed by atoms with van der Waals surface area (Å²) >= 11 is 3.49. The topological polar surface area (TPSA) is 56.7 Å². The molecule has 4 heterocycles. The summed E-state index contributed by atoms with van der Waals surface area (Å²) in [4.78, 5) is 13.8. The van der Waals surface area contributed by atoms with Crippen LogP contribution in [0, 0.1) is 13.8 Å². The van der Waals surface area contributed by atoms with Gasteiger partial charge in [0.1, 0.15) is 5.69 Å². The molecule has 0 aromatic carbocycles. The first-order valence-electron chi connectivity index (χ1n) is 10.6. The van der Waals surface area contributed by atoms with Crippen LogP contribution >= 0.6 is 23.1 Å². The van der Waals surface area contributed by atoms with Crippen molar-refractivity contribution < 1.29 is 13.2 Å². The normalized spacial score (nSPS) is 21.8. The fraction of sp³-hybridized carbons (Fsp3) is 0.571. The van der Waals surface area contributed by atoms with Gasteiger partial charge < -0.3 is 9.80 Å². The van der Waals surface area contributed by atoms with Crippen LogP contribution in [0.5, 0.6) is 0 Å². The number of nitrogens with one attached hydrogen (secondary N) is 1. The molecule has 174 valence electrons. The molecule has 4 rings (SSSR count). The highest BCUT2D eigenvalue weighted by Gasteiger charge is 2.33. The number of hydrazone groups is 1. The Hall–Kier alpha value is -1.85. The van der Waals surface area contributed by atoms with E-state index in [-0.39, 0.29) is 11.4 Å². The summed E-state index contributed by atoms with van der Waals surface area (Å²) in [5, 5.41) is 5.56. The van der Waals surface area contributed by atoms with Crippen molar-refractivity contribution in [2.75, 3.05) is 32.4 Å². The Morgan fingerprint density at radius 2 is 2.09 bits per heavy atom. The third-order valence-corrected chi connectivity index (χ3v) is 8.12. The van der Waals surface area contributed by atoms with Gasteiger partial charge in [0.05, 0.1) is 15.6 Å². The first-order valence-corrected chi connectivity index (χ1v) is 12.5. The molecule has 2 atom stereocenters. The lowest BCUT2D eigenvalue weighted by atomic mass is 10.0. The zero-order chi connectivity index (χ0) is 22.9. The molecule has 1 fully saturated rings. The molecule has 1 N–H and O–H groups in total. The molecule has 0 spiro atoms. The smallest absolute Gasteiger partial charge is 0.327 e. The number of aryl methyl sites for hydroxylation is 2. The Labute approximate surface area is 194 Å². The summed E-state index contributed by atoms with van der Waals surface area (Å²) in [6.07, 6.45) is -0.997. The largest absolute Gasteiger partial charge is 0.433 e. The van der Waals surface area contributed by atoms with Crippen molar-refractivity contribution in [3.63, 3.8) is 0 Å². The van der Waals surface area contributed by atoms with Gasteiger partial charge in [-0.1, -0.05) is 6.07 Å². The van der Waals surface area contributed by atoms with Crippen LogP contribution in [0.2, 0.25) is 0 Å². The van der Waals surface area contributed by atoms with Gasteiger partial charge in [0.15, 0.2) is 11.3 Å². The highest BCUT2D eigenvalue weighted by atomic mass is 32.2. The minimum atomic E-state index is -4.38. The minimum Gasteiger partial charge on any atom is -0.327 e. The number of amidine groups is 1. The van der Waals surface area contributed by atoms with Crippen LogP contribution in [0.25, 0.3) is 0 Å². The molecular weight excluding hydrogens is 457 g/mol. The molecule has 0 amide bonds. The van der Waals surface area contributed by atoms with Gasteiger partial charge in [0, 0.05) is 19.8 Å². The molecule has 0 radical (unpaired) electrons. The van der Waals surface area contributed by atoms with E-state index in [2.05, 4.69) is 30.3 Å². The number of pyridine rings is 1. The van der Waals surface area contributed by atoms with Crippen LogP contribution in [-0.4, -0.2) is 63.5 Å². The van der Waals surface area contributed by atoms with Crippen LogP contribution in [-0.2, 0) is 6.18 Å². The number of rotatable bonds is 7. The van der Waals surface area contributed by atoms with E-state index < -0.39 is 11.9 Å². The molecule has 1 saturated heterocycles. The van der Waals surface area contributed by atoms with Crippen LogP contribution < -0.4 is 5.43 Å². The monoisotopic (exact) mass is 484 g/mol. The quantitative estimate of drug-likeness (QED) is 0.593. The van der Waals surface area contributed by atoms with Crippen molar-refractivity contribution >= 4 is 28.9 Å². The zero-order valence-corrected chi connectivity index (χ0v) is 19.9. The summed E-state index contributed by atoms with van der Waals surface area (Å²) in [5.74, 6) is 2.19. The van der Waals surface area contributed by atoms with E-state index in [1.54, 1.807) is 17.4 Å². The van der Waals surface area contributed by atoms with Gasteiger partial charge >= 0.3 is 6.18 Å². The third kappa shape index (κ3) is 5.20. The van der Waals surface area contributed by atoms with E-state index in [1.165, 1.54) is 6.20 Å². The molecule has 2 aromatic rings. The van der Waals surface area contributed by atoms with Crippen LogP contribution in [0.4, 0.5) is 13.2 Å². The lowest BCUT2D eigenvalue weighted by Crippen LogP contribution is -2.35. The van der Waals surface area contributed by atoms with E-state index in [0.29, 0.717) is 0 Å². The number of aromatic nitrogens is 2. The number of alkyl halides is 3. The van der Waals surface area contributed by atoms with Gasteiger partial charge in [-0.3, -0.25) is 10.4 Å². The number of thiazole rings is 1. The third-order valence-electron chi connectivity index (χ3n) is 5.79. The SMILES string of the molecule is Cc1nc(C)c(C2=NNC(SCCCN3CCC(c4ccc(C(F)(F)F)nc4)C3)N2C)s1. The molecule has 2 aliphatic heterocycles. The van der Waals surface area contributed by atoms with Crippen molar-refractivity contribution in [3.8, 4) is 0 Å². The summed E-state index contributed by atoms with van der Waals surface area (Å²) < 4.78 is 38.1. The molecule has 32 heavy (non-hydrogen) atoms. The highest BCUT2D eigenvalue weighted by Crippen LogP contribution is 2.31. The molecule has 2 aliphatic rings. The number of hydrogen-bond donors (Lipinski definition) is 1. The zero-order valence-electron chi connectivity index (χ0n) is 18.3. The van der Waals surface area contributed by atoms with Gasteiger partial charge in [-0.15, -0.1) is 23.1 Å². The van der Waals surface area contributed by atoms with Crippen molar-refractivity contribution in [1.82, 2.24) is 25.2 Å². The Kier molecular flexibility index (Phi) is 6.97. The second-order valence-corrected chi connectivity index (χ2v) is 10.6. The van der Waals surface area contributed by atoms with Crippen molar-refractivity contribution in [2.24, 2.45) is 5.10 Å². The molecule has 6 nitrogen and oxygen atoms in total. The van der Waals surface area contributed by atoms with Gasteiger partial charge in [0.25, 0.3) is 0 Å². The number of hydrogen-bond acceptors (Lipinski definition) is 8. The van der Waals surface area contributed by atoms with E-state index in [9.17, 15) is 13.2 Å². The molecular formula is C21H27F3N6S2. The van der Waals surface area contributed by atoms with E-state index in [1.807, 2.05) is 32.7 Å². The standard InChI is InChI=1S/C21H27F3N6S2/c1-13-18(32-14(2)26-13)19-27-28-20(29(19)3)31-10-4-8-30-9-7-16(12-30)15-5-6-17(25-11-15)21(22,23)24/h5-6,11,16,20,28H,4,7-10,12H2,1-3H3. The average molecular weight is 485 g/mol. The predicted octanol–water partition coefficient (Wildman–Crippen LogP) is 4.27. The fourth-order valence-electron chi connectivity index (χ4n) is 4.10. The molecule has 0 bridgehead atoms. The summed E-state index contributed by atoms with van der Waals surface area (Å²) in [6, 6.07) is 2.66. The van der Waals surface area contributed by atoms with E-state index in [4.69, 9.17) is 0 Å². The second-order valence-electron chi connectivity index (χ2n) is 8.16. The Bertz CT molecular complexity index is 959. The van der Waals surface area contributed by atoms with Crippen molar-refractivity contribution in [1.29, 1.82) is 0 Å². The Morgan fingerprint density at radius 1 is 1.28 bits per heavy atom. The average Bonchev–Trinajstić information content (AvgIpc) is 3.44. The molecule has 2 unspecified atom stereocenters. The predicted molar refractivity (Wildman–Crippen MR) is 123 cm³/mol. The number of likely N-dealkylation sites (tertiary alicyclic amines) is 1. The lowest BCUT2D eigenvalue weighted by Gasteiger charge is -2.22. The van der Waals surface area contributed by atoms with E-state index >= 15 is 0 Å². The maximum atomic E-state index is 12.7. The summed E-state index contributed by atoms with van der Waals surface area (Å²) in [5.41, 5.74) is 4.40. The van der Waals surface area contributed by atoms with Gasteiger partial charge in [-0.05, 0) is 63.1 Å². The first-order chi connectivity index (χ1) is 15.2. The lowest BCUT2D eigenvalue weighted by molar-refractivity contribution is -0.141. The second kappa shape index (κ2) is 9.56. The molecule has 11 heteroatoms. The molecule has 2 aromatic heterocycles. The Balaban J connectivity index is 1.19. The van der Waals surface area contributed by atoms with Gasteiger partial charge in [-0.25, -0.2) is 4.98 Å². The van der Waals surface area contributed by atoms with Gasteiger partial charge in [-0.2, -0.15) is 18.3 Å². The van der Waals surface area contributed by atoms with Crippen LogP contribution in [0.1, 0.15) is 45.6 Å². The molecule has 0 aliphatic carbocycles. The molecule has 0 saturated carbocycles. The van der Waals surface area contributed by atoms with Crippen molar-refractivity contribution in [3.05, 3.63) is 45.2 Å². The summed E-state index contributed by atoms with van der Waals surface area (Å²) in [7, 11) is 2.05. The number of halogens is 3. The summed E-state index contributed by atoms with van der Waals surface area (Å²) in [6.45, 7) is 6.84. The Morgan fingerprint density at radius 3 is 2.75 bits per heavy atom. The maximum Gasteiger partial charge on any atom is 0.433 e. The van der Waals surface area contributed by atoms with Gasteiger partial charge in [0.2, 0.25) is 0 Å². The van der Waals surface area contributed by atoms with Crippen molar-refractivity contribution in [2.45, 2.75) is 44.3 Å². The van der Waals surface area contributed by atoms with Crippen LogP contribution in [0.3, 0.4) is 0 Å². The number of nitrogens with zero attached hydrogens (tertiary/aromatic N) is 5. The fourth-order valence-corrected chi connectivity index (χ4v) is 6.02. The minimum absolute atomic E-state index is 0.108. The first kappa shape index (κ1) is 23.3. The van der Waals surface area contributed by atoms with Crippen LogP contribution in [0.15, 0.2) is 23.4 Å². The van der Waals surface area contributed by atoms with E-state index in [0.717, 1.165) is 71.3 Å².